The molecule has 0 radical (unpaired) electrons. The SMILES string of the molecule is CCCCOC(=O)c1ccc(NC(=O)C(C)N(CC)CC)cc1. The number of anilines is 1. The van der Waals surface area contributed by atoms with Crippen LogP contribution in [0.15, 0.2) is 24.3 Å². The lowest BCUT2D eigenvalue weighted by Gasteiger charge is -2.25. The highest BCUT2D eigenvalue weighted by atomic mass is 16.5. The van der Waals surface area contributed by atoms with E-state index in [1.807, 2.05) is 27.7 Å². The molecule has 1 aromatic carbocycles. The molecule has 0 heterocycles. The van der Waals surface area contributed by atoms with Crippen LogP contribution < -0.4 is 5.32 Å². The number of hydrogen-bond acceptors (Lipinski definition) is 4. The van der Waals surface area contributed by atoms with Crippen molar-refractivity contribution in [3.8, 4) is 0 Å². The van der Waals surface area contributed by atoms with Crippen LogP contribution in [0.3, 0.4) is 0 Å². The Kier molecular flexibility index (Phi) is 8.33. The number of rotatable bonds is 9. The van der Waals surface area contributed by atoms with Crippen LogP contribution in [0.1, 0.15) is 50.9 Å². The van der Waals surface area contributed by atoms with Gasteiger partial charge in [0.25, 0.3) is 0 Å². The van der Waals surface area contributed by atoms with Crippen LogP contribution in [0.4, 0.5) is 5.69 Å². The number of likely N-dealkylation sites (N-methyl/N-ethyl adjacent to an activating group) is 1. The second-order valence-electron chi connectivity index (χ2n) is 5.45. The molecule has 0 aliphatic rings. The maximum Gasteiger partial charge on any atom is 0.338 e. The standard InChI is InChI=1S/C18H28N2O3/c1-5-8-13-23-18(22)15-9-11-16(12-10-15)19-17(21)14(4)20(6-2)7-3/h9-12,14H,5-8,13H2,1-4H3,(H,19,21). The molecule has 0 aliphatic heterocycles. The van der Waals surface area contributed by atoms with Gasteiger partial charge in [-0.3, -0.25) is 9.69 Å². The van der Waals surface area contributed by atoms with Crippen LogP contribution in [0.25, 0.3) is 0 Å². The molecule has 1 amide bonds. The molecule has 1 rings (SSSR count). The first-order valence-corrected chi connectivity index (χ1v) is 8.35. The van der Waals surface area contributed by atoms with Crippen molar-refractivity contribution in [1.29, 1.82) is 0 Å². The van der Waals surface area contributed by atoms with Gasteiger partial charge in [-0.25, -0.2) is 4.79 Å². The Hall–Kier alpha value is -1.88. The number of nitrogens with one attached hydrogen (secondary N) is 1. The van der Waals surface area contributed by atoms with Gasteiger partial charge < -0.3 is 10.1 Å². The zero-order chi connectivity index (χ0) is 17.2. The van der Waals surface area contributed by atoms with Crippen LogP contribution in [0.5, 0.6) is 0 Å². The summed E-state index contributed by atoms with van der Waals surface area (Å²) < 4.78 is 5.16. The zero-order valence-corrected chi connectivity index (χ0v) is 14.6. The van der Waals surface area contributed by atoms with Crippen molar-refractivity contribution in [3.05, 3.63) is 29.8 Å². The van der Waals surface area contributed by atoms with Crippen LogP contribution >= 0.6 is 0 Å². The van der Waals surface area contributed by atoms with E-state index < -0.39 is 0 Å². The van der Waals surface area contributed by atoms with Gasteiger partial charge in [0.05, 0.1) is 18.2 Å². The van der Waals surface area contributed by atoms with E-state index in [0.29, 0.717) is 17.9 Å². The molecule has 0 saturated heterocycles. The number of benzene rings is 1. The summed E-state index contributed by atoms with van der Waals surface area (Å²) in [5, 5.41) is 2.88. The van der Waals surface area contributed by atoms with Gasteiger partial charge in [0.15, 0.2) is 0 Å². The number of ether oxygens (including phenoxy) is 1. The molecule has 0 saturated carbocycles. The first kappa shape index (κ1) is 19.2. The smallest absolute Gasteiger partial charge is 0.338 e. The Labute approximate surface area is 139 Å². The predicted octanol–water partition coefficient (Wildman–Crippen LogP) is 3.31. The summed E-state index contributed by atoms with van der Waals surface area (Å²) in [7, 11) is 0. The monoisotopic (exact) mass is 320 g/mol. The highest BCUT2D eigenvalue weighted by Crippen LogP contribution is 2.12. The van der Waals surface area contributed by atoms with E-state index in [2.05, 4.69) is 10.2 Å². The molecule has 0 bridgehead atoms. The fraction of sp³-hybridized carbons (Fsp3) is 0.556. The van der Waals surface area contributed by atoms with Gasteiger partial charge in [-0.05, 0) is 50.7 Å². The number of esters is 1. The van der Waals surface area contributed by atoms with Gasteiger partial charge in [-0.15, -0.1) is 0 Å². The fourth-order valence-electron chi connectivity index (χ4n) is 2.27. The summed E-state index contributed by atoms with van der Waals surface area (Å²) in [4.78, 5) is 26.1. The number of hydrogen-bond donors (Lipinski definition) is 1. The van der Waals surface area contributed by atoms with Crippen molar-refractivity contribution >= 4 is 17.6 Å². The Balaban J connectivity index is 2.59. The Morgan fingerprint density at radius 1 is 1.13 bits per heavy atom. The summed E-state index contributed by atoms with van der Waals surface area (Å²) in [6, 6.07) is 6.61. The fourth-order valence-corrected chi connectivity index (χ4v) is 2.27. The summed E-state index contributed by atoms with van der Waals surface area (Å²) in [6.45, 7) is 10.1. The Bertz CT molecular complexity index is 495. The van der Waals surface area contributed by atoms with Crippen LogP contribution in [0, 0.1) is 0 Å². The third-order valence-corrected chi connectivity index (χ3v) is 3.86. The molecular formula is C18H28N2O3. The van der Waals surface area contributed by atoms with Crippen molar-refractivity contribution in [1.82, 2.24) is 4.90 Å². The average molecular weight is 320 g/mol. The first-order valence-electron chi connectivity index (χ1n) is 8.35. The molecule has 1 atom stereocenters. The van der Waals surface area contributed by atoms with Crippen LogP contribution in [-0.2, 0) is 9.53 Å². The lowest BCUT2D eigenvalue weighted by molar-refractivity contribution is -0.120. The van der Waals surface area contributed by atoms with Gasteiger partial charge in [-0.1, -0.05) is 27.2 Å². The maximum absolute atomic E-state index is 12.2. The van der Waals surface area contributed by atoms with E-state index in [4.69, 9.17) is 4.74 Å². The highest BCUT2D eigenvalue weighted by Gasteiger charge is 2.18. The minimum absolute atomic E-state index is 0.0491. The summed E-state index contributed by atoms with van der Waals surface area (Å²) in [6.07, 6.45) is 1.85. The topological polar surface area (TPSA) is 58.6 Å². The number of unbranched alkanes of at least 4 members (excludes halogenated alkanes) is 1. The largest absolute Gasteiger partial charge is 0.462 e. The van der Waals surface area contributed by atoms with Crippen molar-refractivity contribution in [2.45, 2.75) is 46.6 Å². The number of nitrogens with zero attached hydrogens (tertiary/aromatic N) is 1. The van der Waals surface area contributed by atoms with E-state index >= 15 is 0 Å². The van der Waals surface area contributed by atoms with E-state index in [1.165, 1.54) is 0 Å². The number of amides is 1. The van der Waals surface area contributed by atoms with Crippen molar-refractivity contribution < 1.29 is 14.3 Å². The second-order valence-corrected chi connectivity index (χ2v) is 5.45. The van der Waals surface area contributed by atoms with Gasteiger partial charge in [-0.2, -0.15) is 0 Å². The first-order chi connectivity index (χ1) is 11.0. The van der Waals surface area contributed by atoms with E-state index in [0.717, 1.165) is 25.9 Å². The van der Waals surface area contributed by atoms with Gasteiger partial charge in [0, 0.05) is 5.69 Å². The normalized spacial score (nSPS) is 12.0. The second kappa shape index (κ2) is 10.0. The minimum atomic E-state index is -0.326. The van der Waals surface area contributed by atoms with E-state index in [-0.39, 0.29) is 17.9 Å². The molecule has 1 unspecified atom stereocenters. The number of carbonyl (C=O) groups excluding carboxylic acids is 2. The van der Waals surface area contributed by atoms with Gasteiger partial charge in [0.2, 0.25) is 5.91 Å². The molecule has 0 aliphatic carbocycles. The third-order valence-electron chi connectivity index (χ3n) is 3.86. The van der Waals surface area contributed by atoms with Crippen LogP contribution in [0.2, 0.25) is 0 Å². The van der Waals surface area contributed by atoms with Crippen molar-refractivity contribution in [2.24, 2.45) is 0 Å². The molecule has 1 aromatic rings. The molecule has 1 N–H and O–H groups in total. The predicted molar refractivity (Wildman–Crippen MR) is 92.6 cm³/mol. The lowest BCUT2D eigenvalue weighted by atomic mass is 10.2. The molecule has 0 spiro atoms. The molecule has 0 fully saturated rings. The summed E-state index contributed by atoms with van der Waals surface area (Å²) in [5.74, 6) is -0.375. The Morgan fingerprint density at radius 2 is 1.74 bits per heavy atom. The molecule has 5 heteroatoms. The van der Waals surface area contributed by atoms with Crippen LogP contribution in [-0.4, -0.2) is 42.5 Å². The zero-order valence-electron chi connectivity index (χ0n) is 14.6. The van der Waals surface area contributed by atoms with E-state index in [1.54, 1.807) is 24.3 Å². The van der Waals surface area contributed by atoms with Crippen molar-refractivity contribution in [3.63, 3.8) is 0 Å². The highest BCUT2D eigenvalue weighted by molar-refractivity contribution is 5.95. The number of carbonyl (C=O) groups is 2. The third kappa shape index (κ3) is 6.02. The quantitative estimate of drug-likeness (QED) is 0.560. The van der Waals surface area contributed by atoms with E-state index in [9.17, 15) is 9.59 Å². The van der Waals surface area contributed by atoms with Gasteiger partial charge in [0.1, 0.15) is 0 Å². The van der Waals surface area contributed by atoms with Crippen molar-refractivity contribution in [2.75, 3.05) is 25.0 Å². The maximum atomic E-state index is 12.2. The Morgan fingerprint density at radius 3 is 2.26 bits per heavy atom. The lowest BCUT2D eigenvalue weighted by Crippen LogP contribution is -2.41. The minimum Gasteiger partial charge on any atom is -0.462 e. The van der Waals surface area contributed by atoms with Gasteiger partial charge >= 0.3 is 5.97 Å². The molecule has 5 nitrogen and oxygen atoms in total. The molecule has 23 heavy (non-hydrogen) atoms. The molecule has 128 valence electrons. The average Bonchev–Trinajstić information content (AvgIpc) is 2.56. The summed E-state index contributed by atoms with van der Waals surface area (Å²) in [5.41, 5.74) is 1.18. The molecule has 0 aromatic heterocycles. The summed E-state index contributed by atoms with van der Waals surface area (Å²) >= 11 is 0. The molecular weight excluding hydrogens is 292 g/mol.